The molecular weight excluding hydrogens is 394 g/mol. The molecule has 0 spiro atoms. The monoisotopic (exact) mass is 422 g/mol. The van der Waals surface area contributed by atoms with Crippen LogP contribution in [-0.4, -0.2) is 5.11 Å². The third kappa shape index (κ3) is 11.5. The minimum Gasteiger partial charge on any atom is -0.392 e. The van der Waals surface area contributed by atoms with Crippen molar-refractivity contribution in [2.45, 2.75) is 64.9 Å². The molecule has 2 aromatic carbocycles. The summed E-state index contributed by atoms with van der Waals surface area (Å²) in [6.45, 7) is -0.882. The smallest absolute Gasteiger partial charge is 0.392 e. The molecule has 2 aromatic rings. The first-order chi connectivity index (χ1) is 13.1. The maximum Gasteiger partial charge on any atom is 0.416 e. The number of hydrogen-bond acceptors (Lipinski definition) is 1. The lowest BCUT2D eigenvalue weighted by Gasteiger charge is -2.13. The predicted molar refractivity (Wildman–Crippen MR) is 103 cm³/mol. The van der Waals surface area contributed by atoms with E-state index in [1.807, 2.05) is 36.4 Å². The maximum atomic E-state index is 12.2. The number of hydrogen-bond donors (Lipinski definition) is 1. The molecule has 0 saturated heterocycles. The number of alkyl halides is 6. The van der Waals surface area contributed by atoms with Gasteiger partial charge in [-0.15, -0.1) is 0 Å². The zero-order valence-electron chi connectivity index (χ0n) is 15.4. The molecule has 0 radical (unpaired) electrons. The van der Waals surface area contributed by atoms with Crippen LogP contribution in [0.1, 0.15) is 62.6 Å². The van der Waals surface area contributed by atoms with Gasteiger partial charge >= 0.3 is 12.4 Å². The van der Waals surface area contributed by atoms with Gasteiger partial charge in [-0.05, 0) is 23.8 Å². The van der Waals surface area contributed by atoms with Crippen LogP contribution in [0.25, 0.3) is 0 Å². The van der Waals surface area contributed by atoms with Crippen LogP contribution < -0.4 is 0 Å². The summed E-state index contributed by atoms with van der Waals surface area (Å²) in [5.41, 5.74) is -3.28. The van der Waals surface area contributed by atoms with Gasteiger partial charge in [-0.1, -0.05) is 82.3 Å². The fraction of sp³-hybridized carbons (Fsp3) is 0.455. The Morgan fingerprint density at radius 2 is 0.862 bits per heavy atom. The van der Waals surface area contributed by atoms with E-state index in [9.17, 15) is 26.3 Å². The highest BCUT2D eigenvalue weighted by Crippen LogP contribution is 2.36. The van der Waals surface area contributed by atoms with Crippen LogP contribution in [0.5, 0.6) is 0 Å². The van der Waals surface area contributed by atoms with Crippen LogP contribution in [0.15, 0.2) is 54.6 Å². The molecule has 164 valence electrons. The van der Waals surface area contributed by atoms with Gasteiger partial charge in [0.05, 0.1) is 17.7 Å². The van der Waals surface area contributed by atoms with Crippen LogP contribution in [0.2, 0.25) is 0 Å². The SMILES string of the molecule is C.C1CCCCC1.OCc1cc(C(F)(F)F)cc(C(F)(F)F)c1.c1ccccc1. The summed E-state index contributed by atoms with van der Waals surface area (Å²) in [5, 5.41) is 8.58. The van der Waals surface area contributed by atoms with Crippen molar-refractivity contribution in [2.24, 2.45) is 0 Å². The summed E-state index contributed by atoms with van der Waals surface area (Å²) in [4.78, 5) is 0. The molecule has 0 heterocycles. The number of aliphatic hydroxyl groups is 1. The Morgan fingerprint density at radius 3 is 1.07 bits per heavy atom. The van der Waals surface area contributed by atoms with Gasteiger partial charge in [-0.2, -0.15) is 26.3 Å². The van der Waals surface area contributed by atoms with Gasteiger partial charge < -0.3 is 5.11 Å². The zero-order valence-corrected chi connectivity index (χ0v) is 15.4. The van der Waals surface area contributed by atoms with Gasteiger partial charge in [0.2, 0.25) is 0 Å². The van der Waals surface area contributed by atoms with Crippen LogP contribution in [-0.2, 0) is 19.0 Å². The number of halogens is 6. The van der Waals surface area contributed by atoms with Gasteiger partial charge in [-0.3, -0.25) is 0 Å². The minimum absolute atomic E-state index is 0. The highest BCUT2D eigenvalue weighted by molar-refractivity contribution is 5.33. The standard InChI is InChI=1S/C9H6F6O.C6H12.C6H6.CH4/c10-8(11,12)6-1-5(4-16)2-7(3-6)9(13,14)15;2*1-2-4-6-5-3-1;/h1-3,16H,4H2;1-6H2;1-6H;1H4. The van der Waals surface area contributed by atoms with Crippen LogP contribution >= 0.6 is 0 Å². The van der Waals surface area contributed by atoms with E-state index < -0.39 is 35.6 Å². The lowest BCUT2D eigenvalue weighted by Crippen LogP contribution is -2.11. The topological polar surface area (TPSA) is 20.2 Å². The second-order valence-electron chi connectivity index (χ2n) is 6.35. The van der Waals surface area contributed by atoms with Crippen molar-refractivity contribution >= 4 is 0 Å². The van der Waals surface area contributed by atoms with Crippen LogP contribution in [0.3, 0.4) is 0 Å². The molecule has 0 amide bonds. The highest BCUT2D eigenvalue weighted by Gasteiger charge is 2.36. The molecule has 1 nitrogen and oxygen atoms in total. The summed E-state index contributed by atoms with van der Waals surface area (Å²) in [6, 6.07) is 13.0. The molecule has 0 aliphatic heterocycles. The van der Waals surface area contributed by atoms with Gasteiger partial charge in [0.15, 0.2) is 0 Å². The molecule has 0 atom stereocenters. The Kier molecular flexibility index (Phi) is 12.3. The normalized spacial score (nSPS) is 13.8. The third-order valence-electron chi connectivity index (χ3n) is 4.00. The fourth-order valence-corrected chi connectivity index (χ4v) is 2.56. The average Bonchev–Trinajstić information content (AvgIpc) is 2.70. The summed E-state index contributed by atoms with van der Waals surface area (Å²) >= 11 is 0. The molecule has 3 rings (SSSR count). The minimum atomic E-state index is -4.87. The Balaban J connectivity index is 0.000000491. The largest absolute Gasteiger partial charge is 0.416 e. The second kappa shape index (κ2) is 13.2. The molecule has 0 aromatic heterocycles. The highest BCUT2D eigenvalue weighted by atomic mass is 19.4. The number of rotatable bonds is 1. The van der Waals surface area contributed by atoms with E-state index in [1.165, 1.54) is 38.5 Å². The van der Waals surface area contributed by atoms with Crippen molar-refractivity contribution in [1.29, 1.82) is 0 Å². The molecule has 1 aliphatic rings. The summed E-state index contributed by atoms with van der Waals surface area (Å²) in [6.07, 6.45) is -0.740. The van der Waals surface area contributed by atoms with E-state index >= 15 is 0 Å². The molecule has 1 saturated carbocycles. The van der Waals surface area contributed by atoms with Crippen LogP contribution in [0.4, 0.5) is 26.3 Å². The lowest BCUT2D eigenvalue weighted by atomic mass is 10.0. The van der Waals surface area contributed by atoms with Crippen molar-refractivity contribution in [2.75, 3.05) is 0 Å². The molecular formula is C22H28F6O. The van der Waals surface area contributed by atoms with E-state index in [4.69, 9.17) is 5.11 Å². The summed E-state index contributed by atoms with van der Waals surface area (Å²) in [5.74, 6) is 0. The van der Waals surface area contributed by atoms with E-state index in [-0.39, 0.29) is 13.5 Å². The average molecular weight is 422 g/mol. The lowest BCUT2D eigenvalue weighted by molar-refractivity contribution is -0.143. The van der Waals surface area contributed by atoms with Gasteiger partial charge in [-0.25, -0.2) is 0 Å². The van der Waals surface area contributed by atoms with E-state index in [0.29, 0.717) is 12.1 Å². The Hall–Kier alpha value is -2.02. The first kappa shape index (κ1) is 27.0. The molecule has 29 heavy (non-hydrogen) atoms. The summed E-state index contributed by atoms with van der Waals surface area (Å²) < 4.78 is 73.3. The Morgan fingerprint density at radius 1 is 0.586 bits per heavy atom. The van der Waals surface area contributed by atoms with Crippen molar-refractivity contribution in [3.05, 3.63) is 71.3 Å². The van der Waals surface area contributed by atoms with E-state index in [0.717, 1.165) is 0 Å². The number of benzene rings is 2. The molecule has 1 fully saturated rings. The maximum absolute atomic E-state index is 12.2. The van der Waals surface area contributed by atoms with E-state index in [2.05, 4.69) is 0 Å². The Bertz CT molecular complexity index is 591. The van der Waals surface area contributed by atoms with Crippen molar-refractivity contribution in [3.63, 3.8) is 0 Å². The quantitative estimate of drug-likeness (QED) is 0.464. The molecule has 0 bridgehead atoms. The molecule has 1 aliphatic carbocycles. The van der Waals surface area contributed by atoms with E-state index in [1.54, 1.807) is 0 Å². The van der Waals surface area contributed by atoms with Crippen molar-refractivity contribution < 1.29 is 31.4 Å². The first-order valence-corrected chi connectivity index (χ1v) is 9.04. The first-order valence-electron chi connectivity index (χ1n) is 9.04. The number of aliphatic hydroxyl groups excluding tert-OH is 1. The van der Waals surface area contributed by atoms with Gasteiger partial charge in [0, 0.05) is 0 Å². The summed E-state index contributed by atoms with van der Waals surface area (Å²) in [7, 11) is 0. The van der Waals surface area contributed by atoms with Crippen LogP contribution in [0, 0.1) is 0 Å². The molecule has 1 N–H and O–H groups in total. The molecule has 0 unspecified atom stereocenters. The zero-order chi connectivity index (χ0) is 21.0. The third-order valence-corrected chi connectivity index (χ3v) is 4.00. The van der Waals surface area contributed by atoms with Crippen molar-refractivity contribution in [3.8, 4) is 0 Å². The Labute approximate surface area is 168 Å². The fourth-order valence-electron chi connectivity index (χ4n) is 2.56. The second-order valence-corrected chi connectivity index (χ2v) is 6.35. The van der Waals surface area contributed by atoms with Gasteiger partial charge in [0.25, 0.3) is 0 Å². The molecule has 7 heteroatoms. The van der Waals surface area contributed by atoms with Gasteiger partial charge in [0.1, 0.15) is 0 Å². The van der Waals surface area contributed by atoms with Crippen molar-refractivity contribution in [1.82, 2.24) is 0 Å². The predicted octanol–water partition coefficient (Wildman–Crippen LogP) is 7.88.